The number of fused-ring (bicyclic) bond motifs is 2. The van der Waals surface area contributed by atoms with Gasteiger partial charge in [0.25, 0.3) is 0 Å². The van der Waals surface area contributed by atoms with Crippen molar-refractivity contribution < 1.29 is 0 Å². The van der Waals surface area contributed by atoms with Gasteiger partial charge in [-0.1, -0.05) is 24.3 Å². The molecule has 1 heterocycles. The van der Waals surface area contributed by atoms with E-state index in [1.54, 1.807) is 0 Å². The van der Waals surface area contributed by atoms with Crippen molar-refractivity contribution in [1.82, 2.24) is 0 Å². The van der Waals surface area contributed by atoms with Gasteiger partial charge >= 0.3 is 0 Å². The van der Waals surface area contributed by atoms with Gasteiger partial charge in [-0.3, -0.25) is 0 Å². The number of hydrogen-bond donors (Lipinski definition) is 0. The smallest absolute Gasteiger partial charge is 0.0906 e. The zero-order chi connectivity index (χ0) is 12.9. The summed E-state index contributed by atoms with van der Waals surface area (Å²) in [5.41, 5.74) is 2.84. The Hall–Kier alpha value is -1.70. The van der Waals surface area contributed by atoms with Gasteiger partial charge in [-0.15, -0.1) is 0 Å². The van der Waals surface area contributed by atoms with Gasteiger partial charge in [0.2, 0.25) is 0 Å². The average Bonchev–Trinajstić information content (AvgIpc) is 2.64. The van der Waals surface area contributed by atoms with Gasteiger partial charge in [0, 0.05) is 12.6 Å². The lowest BCUT2D eigenvalue weighted by Gasteiger charge is -2.34. The Balaban J connectivity index is 2.22. The van der Waals surface area contributed by atoms with E-state index in [0.717, 1.165) is 6.67 Å². The zero-order valence-corrected chi connectivity index (χ0v) is 11.6. The van der Waals surface area contributed by atoms with Crippen LogP contribution in [0.25, 0.3) is 10.8 Å². The normalized spacial score (nSPS) is 15.3. The van der Waals surface area contributed by atoms with Crippen LogP contribution in [0, 0.1) is 0 Å². The first-order chi connectivity index (χ1) is 8.47. The maximum absolute atomic E-state index is 2.47. The van der Waals surface area contributed by atoms with E-state index in [9.17, 15) is 0 Å². The Bertz CT molecular complexity index is 596. The SMILES string of the molecule is CN1CN(C(C)(C)C)c2cc3ccccc3cc21. The summed E-state index contributed by atoms with van der Waals surface area (Å²) in [6.07, 6.45) is 0. The number of benzene rings is 2. The summed E-state index contributed by atoms with van der Waals surface area (Å²) in [4.78, 5) is 4.79. The van der Waals surface area contributed by atoms with Crippen LogP contribution in [0.3, 0.4) is 0 Å². The van der Waals surface area contributed by atoms with E-state index in [2.05, 4.69) is 74.0 Å². The van der Waals surface area contributed by atoms with Crippen LogP contribution in [-0.2, 0) is 0 Å². The summed E-state index contributed by atoms with van der Waals surface area (Å²) >= 11 is 0. The fourth-order valence-electron chi connectivity index (χ4n) is 2.68. The third-order valence-electron chi connectivity index (χ3n) is 3.71. The van der Waals surface area contributed by atoms with Gasteiger partial charge in [-0.25, -0.2) is 0 Å². The standard InChI is InChI=1S/C16H20N2/c1-16(2,3)18-11-17(4)14-9-12-7-5-6-8-13(12)10-15(14)18/h5-10H,11H2,1-4H3. The highest BCUT2D eigenvalue weighted by molar-refractivity contribution is 5.94. The molecule has 0 aliphatic carbocycles. The molecule has 0 unspecified atom stereocenters. The topological polar surface area (TPSA) is 6.48 Å². The molecule has 1 aliphatic heterocycles. The molecule has 0 bridgehead atoms. The summed E-state index contributed by atoms with van der Waals surface area (Å²) in [6.45, 7) is 7.77. The summed E-state index contributed by atoms with van der Waals surface area (Å²) in [6, 6.07) is 13.2. The fourth-order valence-corrected chi connectivity index (χ4v) is 2.68. The molecular formula is C16H20N2. The highest BCUT2D eigenvalue weighted by atomic mass is 15.4. The second-order valence-electron chi connectivity index (χ2n) is 6.13. The third kappa shape index (κ3) is 1.64. The number of anilines is 2. The van der Waals surface area contributed by atoms with Gasteiger partial charge in [-0.2, -0.15) is 0 Å². The first-order valence-corrected chi connectivity index (χ1v) is 6.48. The molecule has 2 aromatic carbocycles. The van der Waals surface area contributed by atoms with Crippen LogP contribution in [-0.4, -0.2) is 19.3 Å². The summed E-state index contributed by atoms with van der Waals surface area (Å²) in [7, 11) is 2.17. The Kier molecular flexibility index (Phi) is 2.31. The Morgan fingerprint density at radius 2 is 1.50 bits per heavy atom. The fraction of sp³-hybridized carbons (Fsp3) is 0.375. The lowest BCUT2D eigenvalue weighted by Crippen LogP contribution is -2.42. The third-order valence-corrected chi connectivity index (χ3v) is 3.71. The van der Waals surface area contributed by atoms with Crippen molar-refractivity contribution in [3.05, 3.63) is 36.4 Å². The van der Waals surface area contributed by atoms with E-state index < -0.39 is 0 Å². The van der Waals surface area contributed by atoms with E-state index in [4.69, 9.17) is 0 Å². The number of hydrogen-bond acceptors (Lipinski definition) is 2. The Morgan fingerprint density at radius 1 is 0.944 bits per heavy atom. The van der Waals surface area contributed by atoms with Gasteiger partial charge < -0.3 is 9.80 Å². The quantitative estimate of drug-likeness (QED) is 0.690. The Labute approximate surface area is 109 Å². The molecular weight excluding hydrogens is 220 g/mol. The van der Waals surface area contributed by atoms with Crippen molar-refractivity contribution in [1.29, 1.82) is 0 Å². The molecule has 0 saturated carbocycles. The van der Waals surface area contributed by atoms with Gasteiger partial charge in [-0.05, 0) is 43.7 Å². The van der Waals surface area contributed by atoms with Gasteiger partial charge in [0.15, 0.2) is 0 Å². The largest absolute Gasteiger partial charge is 0.355 e. The lowest BCUT2D eigenvalue weighted by atomic mass is 10.0. The van der Waals surface area contributed by atoms with Crippen molar-refractivity contribution in [3.8, 4) is 0 Å². The molecule has 0 N–H and O–H groups in total. The minimum absolute atomic E-state index is 0.155. The van der Waals surface area contributed by atoms with Crippen molar-refractivity contribution >= 4 is 22.1 Å². The highest BCUT2D eigenvalue weighted by Gasteiger charge is 2.31. The Morgan fingerprint density at radius 3 is 2.06 bits per heavy atom. The first-order valence-electron chi connectivity index (χ1n) is 6.48. The molecule has 0 aromatic heterocycles. The molecule has 0 radical (unpaired) electrons. The van der Waals surface area contributed by atoms with Crippen molar-refractivity contribution in [3.63, 3.8) is 0 Å². The number of nitrogens with zero attached hydrogens (tertiary/aromatic N) is 2. The molecule has 2 aromatic rings. The predicted molar refractivity (Wildman–Crippen MR) is 79.5 cm³/mol. The molecule has 94 valence electrons. The lowest BCUT2D eigenvalue weighted by molar-refractivity contribution is 0.516. The molecule has 0 amide bonds. The maximum atomic E-state index is 2.47. The van der Waals surface area contributed by atoms with Crippen molar-refractivity contribution in [2.24, 2.45) is 0 Å². The summed E-state index contributed by atoms with van der Waals surface area (Å²) in [5, 5.41) is 2.64. The zero-order valence-electron chi connectivity index (χ0n) is 11.6. The van der Waals surface area contributed by atoms with Crippen LogP contribution >= 0.6 is 0 Å². The molecule has 0 atom stereocenters. The predicted octanol–water partition coefficient (Wildman–Crippen LogP) is 3.85. The van der Waals surface area contributed by atoms with Crippen molar-refractivity contribution in [2.45, 2.75) is 26.3 Å². The van der Waals surface area contributed by atoms with Crippen molar-refractivity contribution in [2.75, 3.05) is 23.5 Å². The molecule has 18 heavy (non-hydrogen) atoms. The molecule has 0 fully saturated rings. The van der Waals surface area contributed by atoms with Crippen LogP contribution in [0.4, 0.5) is 11.4 Å². The molecule has 2 nitrogen and oxygen atoms in total. The second-order valence-corrected chi connectivity index (χ2v) is 6.13. The van der Waals surface area contributed by atoms with Crippen LogP contribution in [0.15, 0.2) is 36.4 Å². The van der Waals surface area contributed by atoms with E-state index in [-0.39, 0.29) is 5.54 Å². The molecule has 3 rings (SSSR count). The second kappa shape index (κ2) is 3.64. The van der Waals surface area contributed by atoms with Crippen LogP contribution in [0.5, 0.6) is 0 Å². The molecule has 0 saturated heterocycles. The minimum atomic E-state index is 0.155. The first kappa shape index (κ1) is 11.4. The van der Waals surface area contributed by atoms with Gasteiger partial charge in [0.05, 0.1) is 18.0 Å². The average molecular weight is 240 g/mol. The van der Waals surface area contributed by atoms with Gasteiger partial charge in [0.1, 0.15) is 0 Å². The monoisotopic (exact) mass is 240 g/mol. The molecule has 1 aliphatic rings. The molecule has 2 heteroatoms. The summed E-state index contributed by atoms with van der Waals surface area (Å²) in [5.74, 6) is 0. The van der Waals surface area contributed by atoms with Crippen LogP contribution in [0.1, 0.15) is 20.8 Å². The minimum Gasteiger partial charge on any atom is -0.355 e. The van der Waals surface area contributed by atoms with E-state index in [1.165, 1.54) is 22.1 Å². The summed E-state index contributed by atoms with van der Waals surface area (Å²) < 4.78 is 0. The maximum Gasteiger partial charge on any atom is 0.0906 e. The van der Waals surface area contributed by atoms with Crippen LogP contribution in [0.2, 0.25) is 0 Å². The van der Waals surface area contributed by atoms with E-state index >= 15 is 0 Å². The highest BCUT2D eigenvalue weighted by Crippen LogP contribution is 2.41. The number of rotatable bonds is 0. The van der Waals surface area contributed by atoms with E-state index in [0.29, 0.717) is 0 Å². The van der Waals surface area contributed by atoms with Crippen LogP contribution < -0.4 is 9.80 Å². The molecule has 0 spiro atoms. The van der Waals surface area contributed by atoms with E-state index in [1.807, 2.05) is 0 Å².